The molecule has 0 aromatic heterocycles. The van der Waals surface area contributed by atoms with Gasteiger partial charge < -0.3 is 9.84 Å². The first-order valence-corrected chi connectivity index (χ1v) is 12.6. The van der Waals surface area contributed by atoms with Gasteiger partial charge in [-0.1, -0.05) is 63.2 Å². The molecule has 1 fully saturated rings. The van der Waals surface area contributed by atoms with E-state index in [0.717, 1.165) is 24.0 Å². The van der Waals surface area contributed by atoms with Crippen LogP contribution in [0.5, 0.6) is 0 Å². The number of nitrogens with zero attached hydrogens (tertiary/aromatic N) is 1. The van der Waals surface area contributed by atoms with Crippen LogP contribution in [-0.4, -0.2) is 33.3 Å². The van der Waals surface area contributed by atoms with Crippen LogP contribution < -0.4 is 0 Å². The predicted octanol–water partition coefficient (Wildman–Crippen LogP) is 6.64. The summed E-state index contributed by atoms with van der Waals surface area (Å²) >= 11 is 0. The first kappa shape index (κ1) is 26.4. The van der Waals surface area contributed by atoms with Crippen LogP contribution in [0.2, 0.25) is 0 Å². The van der Waals surface area contributed by atoms with E-state index in [1.54, 1.807) is 19.1 Å². The lowest BCUT2D eigenvalue weighted by molar-refractivity contribution is -0.335. The van der Waals surface area contributed by atoms with Crippen molar-refractivity contribution in [3.05, 3.63) is 71.3 Å². The van der Waals surface area contributed by atoms with E-state index < -0.39 is 6.10 Å². The molecule has 1 heterocycles. The van der Waals surface area contributed by atoms with Crippen molar-refractivity contribution >= 4 is 5.97 Å². The highest BCUT2D eigenvalue weighted by Crippen LogP contribution is 2.48. The highest BCUT2D eigenvalue weighted by atomic mass is 16.7. The fraction of sp³-hybridized carbons (Fsp3) is 0.552. The smallest absolute Gasteiger partial charge is 0.338 e. The zero-order valence-electron chi connectivity index (χ0n) is 21.7. The van der Waals surface area contributed by atoms with E-state index in [1.807, 2.05) is 42.5 Å². The third-order valence-electron chi connectivity index (χ3n) is 8.03. The lowest BCUT2D eigenvalue weighted by atomic mass is 9.69. The fourth-order valence-electron chi connectivity index (χ4n) is 5.08. The Kier molecular flexibility index (Phi) is 8.22. The van der Waals surface area contributed by atoms with Crippen molar-refractivity contribution in [3.8, 4) is 0 Å². The number of esters is 1. The number of carbonyl (C=O) groups is 1. The Morgan fingerprint density at radius 2 is 1.62 bits per heavy atom. The molecule has 5 heteroatoms. The van der Waals surface area contributed by atoms with Crippen LogP contribution >= 0.6 is 0 Å². The highest BCUT2D eigenvalue weighted by molar-refractivity contribution is 5.89. The molecular weight excluding hydrogens is 426 g/mol. The van der Waals surface area contributed by atoms with Gasteiger partial charge in [-0.15, -0.1) is 0 Å². The van der Waals surface area contributed by atoms with E-state index >= 15 is 0 Å². The van der Waals surface area contributed by atoms with Gasteiger partial charge in [-0.25, -0.2) is 4.79 Å². The minimum Gasteiger partial charge on any atom is -0.458 e. The molecule has 0 aliphatic carbocycles. The number of hydroxylamine groups is 2. The largest absolute Gasteiger partial charge is 0.458 e. The first-order chi connectivity index (χ1) is 16.1. The molecule has 0 saturated carbocycles. The number of hydrogen-bond acceptors (Lipinski definition) is 5. The van der Waals surface area contributed by atoms with E-state index in [-0.39, 0.29) is 35.2 Å². The quantitative estimate of drug-likeness (QED) is 0.441. The summed E-state index contributed by atoms with van der Waals surface area (Å²) in [6.45, 7) is 14.8. The average Bonchev–Trinajstić information content (AvgIpc) is 2.85. The van der Waals surface area contributed by atoms with Gasteiger partial charge in [-0.05, 0) is 63.8 Å². The van der Waals surface area contributed by atoms with Crippen molar-refractivity contribution in [2.75, 3.05) is 0 Å². The predicted molar refractivity (Wildman–Crippen MR) is 135 cm³/mol. The van der Waals surface area contributed by atoms with Gasteiger partial charge >= 0.3 is 5.97 Å². The molecule has 0 amide bonds. The van der Waals surface area contributed by atoms with Crippen LogP contribution in [-0.2, 0) is 9.57 Å². The zero-order chi connectivity index (χ0) is 25.1. The van der Waals surface area contributed by atoms with Crippen LogP contribution in [0.15, 0.2) is 54.6 Å². The van der Waals surface area contributed by atoms with E-state index in [0.29, 0.717) is 12.0 Å². The van der Waals surface area contributed by atoms with Crippen LogP contribution in [0.3, 0.4) is 0 Å². The molecular formula is C29H41NO4. The molecule has 5 nitrogen and oxygen atoms in total. The minimum absolute atomic E-state index is 0.0783. The summed E-state index contributed by atoms with van der Waals surface area (Å²) < 4.78 is 6.11. The minimum atomic E-state index is -0.490. The Morgan fingerprint density at radius 3 is 2.15 bits per heavy atom. The highest BCUT2D eigenvalue weighted by Gasteiger charge is 2.55. The number of ether oxygens (including phenoxy) is 1. The Morgan fingerprint density at radius 1 is 1.03 bits per heavy atom. The van der Waals surface area contributed by atoms with Gasteiger partial charge in [0, 0.05) is 23.4 Å². The number of piperidine rings is 1. The van der Waals surface area contributed by atoms with Crippen LogP contribution in [0.4, 0.5) is 0 Å². The van der Waals surface area contributed by atoms with Crippen molar-refractivity contribution in [2.24, 2.45) is 5.92 Å². The summed E-state index contributed by atoms with van der Waals surface area (Å²) in [6.07, 6.45) is 1.57. The number of carbonyl (C=O) groups excluding carboxylic acids is 1. The summed E-state index contributed by atoms with van der Waals surface area (Å²) in [6, 6.07) is 17.2. The summed E-state index contributed by atoms with van der Waals surface area (Å²) in [5.74, 6) is -0.190. The van der Waals surface area contributed by atoms with Gasteiger partial charge in [-0.3, -0.25) is 4.84 Å². The summed E-state index contributed by atoms with van der Waals surface area (Å²) in [5, 5.41) is 12.0. The summed E-state index contributed by atoms with van der Waals surface area (Å²) in [5.41, 5.74) is 1.92. The van der Waals surface area contributed by atoms with E-state index in [2.05, 4.69) is 46.6 Å². The van der Waals surface area contributed by atoms with E-state index in [4.69, 9.17) is 9.57 Å². The Balaban J connectivity index is 1.85. The van der Waals surface area contributed by atoms with Crippen LogP contribution in [0.25, 0.3) is 0 Å². The molecule has 34 heavy (non-hydrogen) atoms. The van der Waals surface area contributed by atoms with E-state index in [1.165, 1.54) is 0 Å². The van der Waals surface area contributed by atoms with Crippen molar-refractivity contribution in [3.63, 3.8) is 0 Å². The molecule has 0 bridgehead atoms. The van der Waals surface area contributed by atoms with Crippen molar-refractivity contribution in [1.29, 1.82) is 0 Å². The second-order valence-corrected chi connectivity index (χ2v) is 10.2. The third-order valence-corrected chi connectivity index (χ3v) is 8.03. The maximum Gasteiger partial charge on any atom is 0.338 e. The van der Waals surface area contributed by atoms with Gasteiger partial charge in [0.25, 0.3) is 0 Å². The molecule has 186 valence electrons. The fourth-order valence-corrected chi connectivity index (χ4v) is 5.08. The molecule has 0 spiro atoms. The number of aliphatic hydroxyl groups is 1. The van der Waals surface area contributed by atoms with Gasteiger partial charge in [0.1, 0.15) is 12.2 Å². The summed E-state index contributed by atoms with van der Waals surface area (Å²) in [4.78, 5) is 19.6. The first-order valence-electron chi connectivity index (χ1n) is 12.6. The average molecular weight is 468 g/mol. The SMILES string of the molecule is CCC1(C)CC(OC(=O)c2ccccc2)C(C)C(C)(CC)N1OC(C)c1ccc(C(C)O)cc1. The second-order valence-electron chi connectivity index (χ2n) is 10.2. The molecule has 3 rings (SSSR count). The summed E-state index contributed by atoms with van der Waals surface area (Å²) in [7, 11) is 0. The maximum absolute atomic E-state index is 12.9. The van der Waals surface area contributed by atoms with Crippen LogP contribution in [0.1, 0.15) is 101 Å². The maximum atomic E-state index is 12.9. The molecule has 0 radical (unpaired) electrons. The second kappa shape index (κ2) is 10.6. The van der Waals surface area contributed by atoms with Crippen molar-refractivity contribution in [2.45, 2.75) is 97.1 Å². The third kappa shape index (κ3) is 5.22. The molecule has 6 unspecified atom stereocenters. The Labute approximate surface area is 205 Å². The number of hydrogen-bond donors (Lipinski definition) is 1. The zero-order valence-corrected chi connectivity index (χ0v) is 21.7. The Hall–Kier alpha value is -2.21. The van der Waals surface area contributed by atoms with Crippen molar-refractivity contribution < 1.29 is 19.5 Å². The topological polar surface area (TPSA) is 59.0 Å². The van der Waals surface area contributed by atoms with E-state index in [9.17, 15) is 9.90 Å². The monoisotopic (exact) mass is 467 g/mol. The standard InChI is InChI=1S/C29H41NO4/c1-8-28(6)19-26(33-27(32)25-13-11-10-12-14-25)20(3)29(7,9-2)30(28)34-22(5)24-17-15-23(16-18-24)21(4)31/h10-18,20-22,26,31H,8-9,19H2,1-7H3. The molecule has 6 atom stereocenters. The molecule has 1 aliphatic heterocycles. The van der Waals surface area contributed by atoms with Gasteiger partial charge in [0.2, 0.25) is 0 Å². The van der Waals surface area contributed by atoms with Gasteiger partial charge in [-0.2, -0.15) is 5.06 Å². The molecule has 2 aromatic carbocycles. The number of aliphatic hydroxyl groups excluding tert-OH is 1. The molecule has 1 saturated heterocycles. The lowest BCUT2D eigenvalue weighted by Gasteiger charge is -2.59. The number of benzene rings is 2. The van der Waals surface area contributed by atoms with Crippen molar-refractivity contribution in [1.82, 2.24) is 5.06 Å². The Bertz CT molecular complexity index is 944. The van der Waals surface area contributed by atoms with Gasteiger partial charge in [0.05, 0.1) is 11.7 Å². The van der Waals surface area contributed by atoms with Crippen LogP contribution in [0, 0.1) is 5.92 Å². The lowest BCUT2D eigenvalue weighted by Crippen LogP contribution is -2.68. The number of rotatable bonds is 8. The molecule has 1 N–H and O–H groups in total. The molecule has 1 aliphatic rings. The normalized spacial score (nSPS) is 29.4. The van der Waals surface area contributed by atoms with Gasteiger partial charge in [0.15, 0.2) is 0 Å². The molecule has 2 aromatic rings.